The molecule has 0 aliphatic heterocycles. The van der Waals surface area contributed by atoms with Gasteiger partial charge in [-0.2, -0.15) is 0 Å². The second-order valence-electron chi connectivity index (χ2n) is 4.67. The predicted molar refractivity (Wildman–Crippen MR) is 87.2 cm³/mol. The molecule has 4 nitrogen and oxygen atoms in total. The molecule has 104 valence electrons. The molecule has 0 radical (unpaired) electrons. The van der Waals surface area contributed by atoms with Gasteiger partial charge in [0, 0.05) is 15.5 Å². The molecule has 1 aromatic carbocycles. The number of imidazole rings is 1. The van der Waals surface area contributed by atoms with E-state index in [1.165, 1.54) is 4.88 Å². The summed E-state index contributed by atoms with van der Waals surface area (Å²) >= 11 is 5.24. The van der Waals surface area contributed by atoms with Gasteiger partial charge in [0.2, 0.25) is 5.95 Å². The summed E-state index contributed by atoms with van der Waals surface area (Å²) in [4.78, 5) is 10.2. The van der Waals surface area contributed by atoms with Crippen molar-refractivity contribution in [2.24, 2.45) is 0 Å². The molecule has 0 bridgehead atoms. The van der Waals surface area contributed by atoms with Crippen molar-refractivity contribution < 1.29 is 0 Å². The molecule has 2 aromatic heterocycles. The van der Waals surface area contributed by atoms with Crippen LogP contribution in [0.4, 0.5) is 5.95 Å². The number of nitrogen functional groups attached to an aromatic ring is 1. The predicted octanol–water partition coefficient (Wildman–Crippen LogP) is 4.01. The molecule has 20 heavy (non-hydrogen) atoms. The molecule has 3 aromatic rings. The first kappa shape index (κ1) is 13.6. The van der Waals surface area contributed by atoms with E-state index in [0.717, 1.165) is 26.9 Å². The fraction of sp³-hybridized carbons (Fsp3) is 0.286. The number of halogens is 1. The van der Waals surface area contributed by atoms with Crippen LogP contribution in [-0.2, 0) is 6.42 Å². The summed E-state index contributed by atoms with van der Waals surface area (Å²) in [6.45, 7) is 4.25. The normalized spacial score (nSPS) is 12.9. The standard InChI is InChI=1S/C14H15BrN4S/c1-3-10-7-17-13(20-10)8(2)19-12-6-9(15)4-5-11(12)18-14(19)16/h4-8H,3H2,1-2H3,(H2,16,18). The van der Waals surface area contributed by atoms with E-state index in [1.54, 1.807) is 11.3 Å². The van der Waals surface area contributed by atoms with E-state index in [-0.39, 0.29) is 6.04 Å². The van der Waals surface area contributed by atoms with E-state index < -0.39 is 0 Å². The van der Waals surface area contributed by atoms with E-state index >= 15 is 0 Å². The molecule has 0 fully saturated rings. The van der Waals surface area contributed by atoms with Gasteiger partial charge in [-0.25, -0.2) is 9.97 Å². The minimum absolute atomic E-state index is 0.0830. The van der Waals surface area contributed by atoms with Crippen molar-refractivity contribution in [2.45, 2.75) is 26.3 Å². The van der Waals surface area contributed by atoms with E-state index in [9.17, 15) is 0 Å². The van der Waals surface area contributed by atoms with Gasteiger partial charge in [0.25, 0.3) is 0 Å². The Morgan fingerprint density at radius 1 is 1.45 bits per heavy atom. The van der Waals surface area contributed by atoms with E-state index in [0.29, 0.717) is 5.95 Å². The van der Waals surface area contributed by atoms with E-state index in [4.69, 9.17) is 5.73 Å². The Hall–Kier alpha value is -1.40. The van der Waals surface area contributed by atoms with Crippen molar-refractivity contribution in [3.63, 3.8) is 0 Å². The molecule has 0 aliphatic carbocycles. The average molecular weight is 351 g/mol. The molecule has 0 saturated heterocycles. The molecule has 2 N–H and O–H groups in total. The minimum atomic E-state index is 0.0830. The summed E-state index contributed by atoms with van der Waals surface area (Å²) in [5.41, 5.74) is 8.03. The summed E-state index contributed by atoms with van der Waals surface area (Å²) in [7, 11) is 0. The molecule has 1 unspecified atom stereocenters. The Morgan fingerprint density at radius 2 is 2.25 bits per heavy atom. The van der Waals surface area contributed by atoms with Gasteiger partial charge in [-0.3, -0.25) is 0 Å². The van der Waals surface area contributed by atoms with Gasteiger partial charge in [0.05, 0.1) is 17.1 Å². The Balaban J connectivity index is 2.12. The number of nitrogens with two attached hydrogens (primary N) is 1. The number of anilines is 1. The van der Waals surface area contributed by atoms with Gasteiger partial charge in [-0.15, -0.1) is 11.3 Å². The quantitative estimate of drug-likeness (QED) is 0.776. The topological polar surface area (TPSA) is 56.7 Å². The Morgan fingerprint density at radius 3 is 2.95 bits per heavy atom. The Labute approximate surface area is 129 Å². The molecule has 3 rings (SSSR count). The van der Waals surface area contributed by atoms with Crippen molar-refractivity contribution in [1.29, 1.82) is 0 Å². The lowest BCUT2D eigenvalue weighted by Crippen LogP contribution is -2.09. The number of hydrogen-bond acceptors (Lipinski definition) is 4. The van der Waals surface area contributed by atoms with E-state index in [2.05, 4.69) is 39.7 Å². The van der Waals surface area contributed by atoms with Crippen LogP contribution in [0.5, 0.6) is 0 Å². The van der Waals surface area contributed by atoms with Crippen LogP contribution in [0.15, 0.2) is 28.9 Å². The van der Waals surface area contributed by atoms with Crippen LogP contribution < -0.4 is 5.73 Å². The van der Waals surface area contributed by atoms with Crippen molar-refractivity contribution in [3.05, 3.63) is 38.8 Å². The fourth-order valence-corrected chi connectivity index (χ4v) is 3.53. The second kappa shape index (κ2) is 5.18. The second-order valence-corrected chi connectivity index (χ2v) is 6.73. The van der Waals surface area contributed by atoms with Gasteiger partial charge in [-0.1, -0.05) is 22.9 Å². The first-order valence-corrected chi connectivity index (χ1v) is 8.08. The molecule has 0 spiro atoms. The summed E-state index contributed by atoms with van der Waals surface area (Å²) in [6, 6.07) is 6.07. The number of thiazole rings is 1. The van der Waals surface area contributed by atoms with Crippen LogP contribution in [0.25, 0.3) is 11.0 Å². The third kappa shape index (κ3) is 2.23. The first-order valence-electron chi connectivity index (χ1n) is 6.47. The number of aryl methyl sites for hydroxylation is 1. The summed E-state index contributed by atoms with van der Waals surface area (Å²) in [5.74, 6) is 0.527. The van der Waals surface area contributed by atoms with Crippen LogP contribution in [0.2, 0.25) is 0 Å². The molecule has 0 aliphatic rings. The maximum atomic E-state index is 6.09. The highest BCUT2D eigenvalue weighted by atomic mass is 79.9. The summed E-state index contributed by atoms with van der Waals surface area (Å²) in [6.07, 6.45) is 2.96. The number of aromatic nitrogens is 3. The number of rotatable bonds is 3. The van der Waals surface area contributed by atoms with Gasteiger partial charge >= 0.3 is 0 Å². The summed E-state index contributed by atoms with van der Waals surface area (Å²) < 4.78 is 3.06. The minimum Gasteiger partial charge on any atom is -0.369 e. The molecular weight excluding hydrogens is 336 g/mol. The highest BCUT2D eigenvalue weighted by Crippen LogP contribution is 2.31. The largest absolute Gasteiger partial charge is 0.369 e. The van der Waals surface area contributed by atoms with Crippen molar-refractivity contribution in [2.75, 3.05) is 5.73 Å². The van der Waals surface area contributed by atoms with Gasteiger partial charge in [0.1, 0.15) is 5.01 Å². The van der Waals surface area contributed by atoms with Crippen molar-refractivity contribution >= 4 is 44.2 Å². The maximum Gasteiger partial charge on any atom is 0.201 e. The smallest absolute Gasteiger partial charge is 0.201 e. The fourth-order valence-electron chi connectivity index (χ4n) is 2.28. The first-order chi connectivity index (χ1) is 9.60. The zero-order chi connectivity index (χ0) is 14.3. The Kier molecular flexibility index (Phi) is 3.52. The third-order valence-corrected chi connectivity index (χ3v) is 5.15. The zero-order valence-corrected chi connectivity index (χ0v) is 13.7. The monoisotopic (exact) mass is 350 g/mol. The van der Waals surface area contributed by atoms with Crippen LogP contribution in [-0.4, -0.2) is 14.5 Å². The maximum absolute atomic E-state index is 6.09. The average Bonchev–Trinajstić information content (AvgIpc) is 3.01. The van der Waals surface area contributed by atoms with Crippen molar-refractivity contribution in [3.8, 4) is 0 Å². The lowest BCUT2D eigenvalue weighted by atomic mass is 10.3. The molecular formula is C14H15BrN4S. The van der Waals surface area contributed by atoms with Crippen LogP contribution in [0.3, 0.4) is 0 Å². The Bertz CT molecular complexity index is 762. The lowest BCUT2D eigenvalue weighted by Gasteiger charge is -2.13. The third-order valence-electron chi connectivity index (χ3n) is 3.34. The molecule has 0 saturated carbocycles. The number of nitrogens with zero attached hydrogens (tertiary/aromatic N) is 3. The summed E-state index contributed by atoms with van der Waals surface area (Å²) in [5, 5.41) is 1.06. The van der Waals surface area contributed by atoms with Crippen LogP contribution in [0, 0.1) is 0 Å². The van der Waals surface area contributed by atoms with Gasteiger partial charge in [-0.05, 0) is 31.5 Å². The van der Waals surface area contributed by atoms with Gasteiger partial charge in [0.15, 0.2) is 0 Å². The van der Waals surface area contributed by atoms with Crippen molar-refractivity contribution in [1.82, 2.24) is 14.5 Å². The molecule has 2 heterocycles. The lowest BCUT2D eigenvalue weighted by molar-refractivity contribution is 0.662. The number of fused-ring (bicyclic) bond motifs is 1. The molecule has 1 atom stereocenters. The SMILES string of the molecule is CCc1cnc(C(C)n2c(N)nc3ccc(Br)cc32)s1. The zero-order valence-electron chi connectivity index (χ0n) is 11.3. The van der Waals surface area contributed by atoms with Crippen LogP contribution >= 0.6 is 27.3 Å². The van der Waals surface area contributed by atoms with E-state index in [1.807, 2.05) is 29.0 Å². The highest BCUT2D eigenvalue weighted by Gasteiger charge is 2.18. The van der Waals surface area contributed by atoms with Crippen LogP contribution in [0.1, 0.15) is 29.8 Å². The molecule has 6 heteroatoms. The number of benzene rings is 1. The molecule has 0 amide bonds. The highest BCUT2D eigenvalue weighted by molar-refractivity contribution is 9.10. The van der Waals surface area contributed by atoms with Gasteiger partial charge < -0.3 is 10.3 Å². The number of hydrogen-bond donors (Lipinski definition) is 1.